The molecule has 0 radical (unpaired) electrons. The Morgan fingerprint density at radius 2 is 1.79 bits per heavy atom. The lowest BCUT2D eigenvalue weighted by Gasteiger charge is -2.24. The topological polar surface area (TPSA) is 35.5 Å². The van der Waals surface area contributed by atoms with Gasteiger partial charge in [0.15, 0.2) is 0 Å². The van der Waals surface area contributed by atoms with Gasteiger partial charge < -0.3 is 9.47 Å². The molecule has 0 saturated carbocycles. The van der Waals surface area contributed by atoms with E-state index in [4.69, 9.17) is 9.47 Å². The number of carbonyl (C=O) groups excluding carboxylic acids is 1. The third kappa shape index (κ3) is 3.31. The Morgan fingerprint density at radius 1 is 1.00 bits per heavy atom. The molecule has 0 aliphatic heterocycles. The second kappa shape index (κ2) is 7.35. The summed E-state index contributed by atoms with van der Waals surface area (Å²) in [5, 5.41) is 1.82. The predicted octanol–water partition coefficient (Wildman–Crippen LogP) is 6.08. The van der Waals surface area contributed by atoms with Crippen LogP contribution in [0.2, 0.25) is 0 Å². The third-order valence-corrected chi connectivity index (χ3v) is 5.02. The minimum atomic E-state index is -0.451. The van der Waals surface area contributed by atoms with Gasteiger partial charge in [0.2, 0.25) is 0 Å². The summed E-state index contributed by atoms with van der Waals surface area (Å²) in [6, 6.07) is 15.9. The molecule has 1 aliphatic rings. The van der Waals surface area contributed by atoms with Crippen molar-refractivity contribution < 1.29 is 14.3 Å². The smallest absolute Gasteiger partial charge is 0.335 e. The molecular weight excluding hydrogens is 348 g/mol. The summed E-state index contributed by atoms with van der Waals surface area (Å²) in [7, 11) is 0. The maximum absolute atomic E-state index is 12.0. The highest BCUT2D eigenvalue weighted by Crippen LogP contribution is 2.45. The van der Waals surface area contributed by atoms with Gasteiger partial charge in [0.05, 0.1) is 0 Å². The van der Waals surface area contributed by atoms with Crippen LogP contribution in [0.3, 0.4) is 0 Å². The minimum absolute atomic E-state index is 0.451. The van der Waals surface area contributed by atoms with Crippen molar-refractivity contribution in [3.8, 4) is 17.2 Å². The average molecular weight is 370 g/mol. The maximum atomic E-state index is 12.0. The van der Waals surface area contributed by atoms with Crippen molar-refractivity contribution in [2.75, 3.05) is 0 Å². The standard InChI is InChI=1S/C25H22O3/c1-4-23(26)28-25-20-13-11-16(2)14-21(20)24(27-18-8-6-5-7-9-18)19-12-10-17(3)15-22(19)25/h4-11,13-14H,1,12,15H2,2-3H3. The van der Waals surface area contributed by atoms with E-state index in [2.05, 4.69) is 25.6 Å². The number of esters is 1. The van der Waals surface area contributed by atoms with Crippen molar-refractivity contribution in [3.63, 3.8) is 0 Å². The van der Waals surface area contributed by atoms with Crippen LogP contribution < -0.4 is 9.47 Å². The lowest BCUT2D eigenvalue weighted by Crippen LogP contribution is -2.11. The lowest BCUT2D eigenvalue weighted by atomic mass is 9.87. The molecule has 0 heterocycles. The minimum Gasteiger partial charge on any atom is -0.456 e. The van der Waals surface area contributed by atoms with Crippen LogP contribution in [-0.4, -0.2) is 5.97 Å². The van der Waals surface area contributed by atoms with Gasteiger partial charge in [-0.25, -0.2) is 4.79 Å². The first kappa shape index (κ1) is 18.1. The Bertz CT molecular complexity index is 1110. The van der Waals surface area contributed by atoms with E-state index in [0.717, 1.165) is 51.8 Å². The quantitative estimate of drug-likeness (QED) is 0.242. The molecule has 0 bridgehead atoms. The van der Waals surface area contributed by atoms with E-state index in [1.165, 1.54) is 11.6 Å². The fourth-order valence-corrected chi connectivity index (χ4v) is 3.66. The van der Waals surface area contributed by atoms with Crippen LogP contribution in [0.5, 0.6) is 17.2 Å². The zero-order valence-electron chi connectivity index (χ0n) is 16.1. The maximum Gasteiger partial charge on any atom is 0.335 e. The fourth-order valence-electron chi connectivity index (χ4n) is 3.66. The first-order valence-corrected chi connectivity index (χ1v) is 9.37. The molecule has 0 amide bonds. The Labute approximate surface area is 164 Å². The molecule has 1 aliphatic carbocycles. The van der Waals surface area contributed by atoms with Crippen LogP contribution >= 0.6 is 0 Å². The summed E-state index contributed by atoms with van der Waals surface area (Å²) in [5.41, 5.74) is 4.45. The number of fused-ring (bicyclic) bond motifs is 2. The Kier molecular flexibility index (Phi) is 4.74. The number of hydrogen-bond donors (Lipinski definition) is 0. The van der Waals surface area contributed by atoms with Crippen molar-refractivity contribution in [2.24, 2.45) is 0 Å². The fraction of sp³-hybridized carbons (Fsp3) is 0.160. The summed E-state index contributed by atoms with van der Waals surface area (Å²) >= 11 is 0. The molecule has 3 aromatic rings. The van der Waals surface area contributed by atoms with Gasteiger partial charge in [0, 0.05) is 28.0 Å². The van der Waals surface area contributed by atoms with Crippen molar-refractivity contribution >= 4 is 16.7 Å². The van der Waals surface area contributed by atoms with Crippen LogP contribution in [0, 0.1) is 6.92 Å². The summed E-state index contributed by atoms with van der Waals surface area (Å²) in [6.07, 6.45) is 4.88. The Morgan fingerprint density at radius 3 is 2.54 bits per heavy atom. The molecule has 0 atom stereocenters. The van der Waals surface area contributed by atoms with Gasteiger partial charge in [-0.05, 0) is 44.9 Å². The Balaban J connectivity index is 2.01. The van der Waals surface area contributed by atoms with Gasteiger partial charge in [0.25, 0.3) is 0 Å². The molecule has 0 spiro atoms. The molecule has 0 N–H and O–H groups in total. The number of ether oxygens (including phenoxy) is 2. The molecule has 3 aromatic carbocycles. The molecule has 3 heteroatoms. The summed E-state index contributed by atoms with van der Waals surface area (Å²) in [6.45, 7) is 7.68. The van der Waals surface area contributed by atoms with Gasteiger partial charge in [-0.3, -0.25) is 0 Å². The van der Waals surface area contributed by atoms with Crippen LogP contribution in [-0.2, 0) is 17.6 Å². The molecule has 140 valence electrons. The van der Waals surface area contributed by atoms with Crippen molar-refractivity contribution in [3.05, 3.63) is 89.5 Å². The first-order valence-electron chi connectivity index (χ1n) is 9.37. The third-order valence-electron chi connectivity index (χ3n) is 5.02. The number of para-hydroxylation sites is 1. The SMILES string of the molecule is C=CC(=O)Oc1c2c(c(Oc3ccccc3)c3cc(C)ccc13)CC=C(C)C2. The molecule has 3 nitrogen and oxygen atoms in total. The van der Waals surface area contributed by atoms with Gasteiger partial charge in [-0.2, -0.15) is 0 Å². The van der Waals surface area contributed by atoms with Gasteiger partial charge in [-0.1, -0.05) is 54.1 Å². The highest BCUT2D eigenvalue weighted by atomic mass is 16.5. The molecule has 4 rings (SSSR count). The van der Waals surface area contributed by atoms with E-state index in [9.17, 15) is 4.79 Å². The van der Waals surface area contributed by atoms with Gasteiger partial charge in [0.1, 0.15) is 17.2 Å². The lowest BCUT2D eigenvalue weighted by molar-refractivity contribution is -0.128. The number of carbonyl (C=O) groups is 1. The monoisotopic (exact) mass is 370 g/mol. The van der Waals surface area contributed by atoms with E-state index >= 15 is 0 Å². The Hall–Kier alpha value is -3.33. The zero-order valence-corrected chi connectivity index (χ0v) is 16.1. The molecule has 0 saturated heterocycles. The molecule has 0 aromatic heterocycles. The average Bonchev–Trinajstić information content (AvgIpc) is 2.71. The normalized spacial score (nSPS) is 12.9. The number of benzene rings is 3. The number of allylic oxidation sites excluding steroid dienone is 2. The molecule has 0 fully saturated rings. The summed E-state index contributed by atoms with van der Waals surface area (Å²) < 4.78 is 12.1. The second-order valence-electron chi connectivity index (χ2n) is 7.14. The highest BCUT2D eigenvalue weighted by Gasteiger charge is 2.25. The van der Waals surface area contributed by atoms with Crippen molar-refractivity contribution in [1.29, 1.82) is 0 Å². The van der Waals surface area contributed by atoms with Gasteiger partial charge >= 0.3 is 5.97 Å². The van der Waals surface area contributed by atoms with Gasteiger partial charge in [-0.15, -0.1) is 0 Å². The van der Waals surface area contributed by atoms with E-state index in [1.807, 2.05) is 49.4 Å². The highest BCUT2D eigenvalue weighted by molar-refractivity contribution is 5.99. The molecule has 0 unspecified atom stereocenters. The molecule has 28 heavy (non-hydrogen) atoms. The number of aryl methyl sites for hydroxylation is 1. The van der Waals surface area contributed by atoms with E-state index in [1.54, 1.807) is 0 Å². The van der Waals surface area contributed by atoms with Crippen LogP contribution in [0.1, 0.15) is 23.6 Å². The van der Waals surface area contributed by atoms with Crippen molar-refractivity contribution in [2.45, 2.75) is 26.7 Å². The number of hydrogen-bond acceptors (Lipinski definition) is 3. The van der Waals surface area contributed by atoms with E-state index in [-0.39, 0.29) is 0 Å². The van der Waals surface area contributed by atoms with E-state index < -0.39 is 5.97 Å². The van der Waals surface area contributed by atoms with Crippen LogP contribution in [0.4, 0.5) is 0 Å². The summed E-state index contributed by atoms with van der Waals surface area (Å²) in [4.78, 5) is 12.0. The predicted molar refractivity (Wildman–Crippen MR) is 112 cm³/mol. The summed E-state index contributed by atoms with van der Waals surface area (Å²) in [5.74, 6) is 1.78. The largest absolute Gasteiger partial charge is 0.456 e. The van der Waals surface area contributed by atoms with Crippen LogP contribution in [0.25, 0.3) is 10.8 Å². The first-order chi connectivity index (χ1) is 13.6. The van der Waals surface area contributed by atoms with Crippen LogP contribution in [0.15, 0.2) is 72.8 Å². The van der Waals surface area contributed by atoms with Crippen molar-refractivity contribution in [1.82, 2.24) is 0 Å². The molecular formula is C25H22O3. The van der Waals surface area contributed by atoms with E-state index in [0.29, 0.717) is 5.75 Å². The number of rotatable bonds is 4. The second-order valence-corrected chi connectivity index (χ2v) is 7.14. The zero-order chi connectivity index (χ0) is 19.7.